The molecule has 1 unspecified atom stereocenters. The van der Waals surface area contributed by atoms with Gasteiger partial charge in [-0.25, -0.2) is 13.6 Å². The van der Waals surface area contributed by atoms with Crippen LogP contribution in [0.1, 0.15) is 84.8 Å². The van der Waals surface area contributed by atoms with E-state index >= 15 is 0 Å². The fourth-order valence-corrected chi connectivity index (χ4v) is 4.75. The third kappa shape index (κ3) is 15.1. The van der Waals surface area contributed by atoms with E-state index in [1.54, 1.807) is 20.8 Å². The third-order valence-corrected chi connectivity index (χ3v) is 7.20. The van der Waals surface area contributed by atoms with Crippen LogP contribution in [-0.4, -0.2) is 54.0 Å². The SMILES string of the molecule is CC(=O)O[C@H](C(=O)CCC(C)(C)CCC(=O)CC(N)Cc1cc(F)ccc1F)[C@@H](COCc1ccccc1)NC(=O)OC(C)(C)C. The molecule has 0 aliphatic rings. The smallest absolute Gasteiger partial charge is 0.408 e. The number of rotatable bonds is 18. The Labute approximate surface area is 270 Å². The first-order valence-electron chi connectivity index (χ1n) is 15.5. The molecule has 3 N–H and O–H groups in total. The summed E-state index contributed by atoms with van der Waals surface area (Å²) in [7, 11) is 0. The van der Waals surface area contributed by atoms with Crippen LogP contribution in [0.4, 0.5) is 13.6 Å². The van der Waals surface area contributed by atoms with Crippen molar-refractivity contribution in [3.8, 4) is 0 Å². The predicted octanol–water partition coefficient (Wildman–Crippen LogP) is 5.99. The number of halogens is 2. The highest BCUT2D eigenvalue weighted by molar-refractivity contribution is 5.86. The van der Waals surface area contributed by atoms with Gasteiger partial charge in [0, 0.05) is 32.2 Å². The Hall–Kier alpha value is -3.70. The van der Waals surface area contributed by atoms with E-state index in [0.717, 1.165) is 23.8 Å². The van der Waals surface area contributed by atoms with Gasteiger partial charge in [0.2, 0.25) is 0 Å². The van der Waals surface area contributed by atoms with Crippen LogP contribution in [0, 0.1) is 17.0 Å². The molecule has 0 saturated heterocycles. The Morgan fingerprint density at radius 2 is 1.59 bits per heavy atom. The van der Waals surface area contributed by atoms with Crippen molar-refractivity contribution < 1.29 is 42.2 Å². The molecule has 0 heterocycles. The van der Waals surface area contributed by atoms with Crippen molar-refractivity contribution in [1.29, 1.82) is 0 Å². The minimum Gasteiger partial charge on any atom is -0.452 e. The number of hydrogen-bond donors (Lipinski definition) is 2. The average molecular weight is 647 g/mol. The first-order valence-corrected chi connectivity index (χ1v) is 15.5. The second-order valence-corrected chi connectivity index (χ2v) is 13.4. The van der Waals surface area contributed by atoms with Crippen molar-refractivity contribution in [1.82, 2.24) is 5.32 Å². The Balaban J connectivity index is 2.01. The van der Waals surface area contributed by atoms with E-state index in [-0.39, 0.29) is 50.2 Å². The molecule has 9 nitrogen and oxygen atoms in total. The molecule has 2 aromatic carbocycles. The summed E-state index contributed by atoms with van der Waals surface area (Å²) in [5.74, 6) is -2.39. The number of benzene rings is 2. The van der Waals surface area contributed by atoms with Crippen LogP contribution >= 0.6 is 0 Å². The molecular formula is C35H48F2N2O7. The van der Waals surface area contributed by atoms with E-state index in [1.807, 2.05) is 44.2 Å². The number of Topliss-reactive ketones (excluding diaryl/α,β-unsaturated/α-hetero) is 2. The molecule has 0 fully saturated rings. The Morgan fingerprint density at radius 1 is 0.935 bits per heavy atom. The fraction of sp³-hybridized carbons (Fsp3) is 0.543. The highest BCUT2D eigenvalue weighted by atomic mass is 19.1. The molecule has 254 valence electrons. The standard InChI is InChI=1S/C35H48F2N2O7/c1-23(40)45-32(30(39-33(43)46-34(2,3)4)22-44-21-24-10-8-7-9-11-24)31(42)15-17-35(5,6)16-14-28(41)20-27(38)19-25-18-26(36)12-13-29(25)37/h7-13,18,27,30,32H,14-17,19-22,38H2,1-6H3,(H,39,43)/t27?,30-,32+/m1/s1. The summed E-state index contributed by atoms with van der Waals surface area (Å²) in [4.78, 5) is 50.9. The summed E-state index contributed by atoms with van der Waals surface area (Å²) in [6.45, 7) is 10.2. The van der Waals surface area contributed by atoms with Gasteiger partial charge in [-0.15, -0.1) is 0 Å². The zero-order valence-corrected chi connectivity index (χ0v) is 27.7. The molecule has 11 heteroatoms. The summed E-state index contributed by atoms with van der Waals surface area (Å²) < 4.78 is 44.1. The molecule has 1 amide bonds. The van der Waals surface area contributed by atoms with Crippen LogP contribution in [0.5, 0.6) is 0 Å². The van der Waals surface area contributed by atoms with Gasteiger partial charge in [-0.2, -0.15) is 0 Å². The Kier molecular flexibility index (Phi) is 14.9. The van der Waals surface area contributed by atoms with E-state index in [9.17, 15) is 28.0 Å². The quantitative estimate of drug-likeness (QED) is 0.189. The van der Waals surface area contributed by atoms with Crippen LogP contribution in [0.15, 0.2) is 48.5 Å². The summed E-state index contributed by atoms with van der Waals surface area (Å²) in [5.41, 5.74) is 5.79. The lowest BCUT2D eigenvalue weighted by molar-refractivity contribution is -0.156. The number of nitrogens with two attached hydrogens (primary N) is 1. The van der Waals surface area contributed by atoms with Crippen LogP contribution in [-0.2, 0) is 41.6 Å². The highest BCUT2D eigenvalue weighted by Crippen LogP contribution is 2.30. The van der Waals surface area contributed by atoms with Crippen molar-refractivity contribution in [2.24, 2.45) is 11.1 Å². The van der Waals surface area contributed by atoms with Gasteiger partial charge in [-0.05, 0) is 74.8 Å². The number of carbonyl (C=O) groups is 4. The molecule has 0 radical (unpaired) electrons. The minimum atomic E-state index is -1.33. The molecule has 0 aromatic heterocycles. The number of esters is 1. The maximum Gasteiger partial charge on any atom is 0.408 e. The van der Waals surface area contributed by atoms with Gasteiger partial charge >= 0.3 is 12.1 Å². The molecule has 0 aliphatic carbocycles. The minimum absolute atomic E-state index is 0.000482. The van der Waals surface area contributed by atoms with Crippen molar-refractivity contribution >= 4 is 23.6 Å². The summed E-state index contributed by atoms with van der Waals surface area (Å²) in [6.07, 6.45) is -1.10. The van der Waals surface area contributed by atoms with Gasteiger partial charge in [0.1, 0.15) is 23.0 Å². The number of alkyl carbamates (subject to hydrolysis) is 1. The van der Waals surface area contributed by atoms with Crippen LogP contribution in [0.2, 0.25) is 0 Å². The molecule has 0 bridgehead atoms. The van der Waals surface area contributed by atoms with Crippen molar-refractivity contribution in [2.75, 3.05) is 6.61 Å². The lowest BCUT2D eigenvalue weighted by atomic mass is 9.81. The van der Waals surface area contributed by atoms with Gasteiger partial charge in [0.25, 0.3) is 0 Å². The summed E-state index contributed by atoms with van der Waals surface area (Å²) in [6, 6.07) is 10.8. The van der Waals surface area contributed by atoms with E-state index < -0.39 is 58.7 Å². The zero-order chi connectivity index (χ0) is 34.5. The van der Waals surface area contributed by atoms with Crippen LogP contribution in [0.3, 0.4) is 0 Å². The van der Waals surface area contributed by atoms with E-state index in [1.165, 1.54) is 6.92 Å². The normalized spacial score (nSPS) is 13.8. The third-order valence-electron chi connectivity index (χ3n) is 7.20. The average Bonchev–Trinajstić information content (AvgIpc) is 2.94. The monoisotopic (exact) mass is 646 g/mol. The van der Waals surface area contributed by atoms with Gasteiger partial charge in [0.05, 0.1) is 19.3 Å². The zero-order valence-electron chi connectivity index (χ0n) is 27.7. The number of ketones is 2. The van der Waals surface area contributed by atoms with E-state index in [4.69, 9.17) is 19.9 Å². The lowest BCUT2D eigenvalue weighted by Crippen LogP contribution is -2.52. The Morgan fingerprint density at radius 3 is 2.22 bits per heavy atom. The summed E-state index contributed by atoms with van der Waals surface area (Å²) >= 11 is 0. The first-order chi connectivity index (χ1) is 21.4. The number of nitrogens with one attached hydrogen (secondary N) is 1. The molecule has 0 saturated carbocycles. The molecule has 0 aliphatic heterocycles. The van der Waals surface area contributed by atoms with Crippen molar-refractivity contribution in [3.05, 3.63) is 71.3 Å². The van der Waals surface area contributed by atoms with Crippen molar-refractivity contribution in [3.63, 3.8) is 0 Å². The van der Waals surface area contributed by atoms with Gasteiger partial charge in [0.15, 0.2) is 11.9 Å². The highest BCUT2D eigenvalue weighted by Gasteiger charge is 2.35. The Bertz CT molecular complexity index is 1310. The van der Waals surface area contributed by atoms with Gasteiger partial charge in [-0.3, -0.25) is 14.4 Å². The molecular weight excluding hydrogens is 598 g/mol. The van der Waals surface area contributed by atoms with Crippen LogP contribution in [0.25, 0.3) is 0 Å². The maximum atomic E-state index is 14.0. The molecule has 3 atom stereocenters. The van der Waals surface area contributed by atoms with Gasteiger partial charge < -0.3 is 25.3 Å². The first kappa shape index (κ1) is 38.5. The van der Waals surface area contributed by atoms with Crippen molar-refractivity contribution in [2.45, 2.75) is 110 Å². The van der Waals surface area contributed by atoms with Gasteiger partial charge in [-0.1, -0.05) is 44.2 Å². The molecule has 2 aromatic rings. The number of ether oxygens (including phenoxy) is 3. The predicted molar refractivity (Wildman–Crippen MR) is 170 cm³/mol. The fourth-order valence-electron chi connectivity index (χ4n) is 4.75. The summed E-state index contributed by atoms with van der Waals surface area (Å²) in [5, 5.41) is 2.64. The largest absolute Gasteiger partial charge is 0.452 e. The molecule has 46 heavy (non-hydrogen) atoms. The topological polar surface area (TPSA) is 134 Å². The van der Waals surface area contributed by atoms with E-state index in [2.05, 4.69) is 5.32 Å². The second kappa shape index (κ2) is 17.9. The van der Waals surface area contributed by atoms with E-state index in [0.29, 0.717) is 12.8 Å². The molecule has 0 spiro atoms. The number of amides is 1. The molecule has 2 rings (SSSR count). The lowest BCUT2D eigenvalue weighted by Gasteiger charge is -2.29. The number of carbonyl (C=O) groups excluding carboxylic acids is 4. The number of hydrogen-bond acceptors (Lipinski definition) is 8. The maximum absolute atomic E-state index is 14.0. The van der Waals surface area contributed by atoms with Crippen LogP contribution < -0.4 is 11.1 Å². The second-order valence-electron chi connectivity index (χ2n) is 13.4.